The van der Waals surface area contributed by atoms with E-state index < -0.39 is 6.09 Å². The zero-order valence-corrected chi connectivity index (χ0v) is 13.0. The Labute approximate surface area is 134 Å². The first kappa shape index (κ1) is 16.0. The number of amides is 1. The van der Waals surface area contributed by atoms with E-state index in [0.717, 1.165) is 24.1 Å². The summed E-state index contributed by atoms with van der Waals surface area (Å²) in [6.07, 6.45) is 0.394. The Kier molecular flexibility index (Phi) is 6.91. The van der Waals surface area contributed by atoms with Gasteiger partial charge in [-0.05, 0) is 18.4 Å². The number of likely N-dealkylation sites (tertiary alicyclic amines) is 1. The van der Waals surface area contributed by atoms with Crippen LogP contribution < -0.4 is 34.7 Å². The molecule has 96 valence electrons. The average Bonchev–Trinajstić information content (AvgIpc) is 2.40. The number of carbonyl (C=O) groups excluding carboxylic acids is 1. The van der Waals surface area contributed by atoms with Crippen LogP contribution in [0.5, 0.6) is 0 Å². The molecule has 1 fully saturated rings. The van der Waals surface area contributed by atoms with Crippen molar-refractivity contribution in [1.29, 1.82) is 0 Å². The minimum atomic E-state index is -1.15. The van der Waals surface area contributed by atoms with E-state index in [1.54, 1.807) is 0 Å². The minimum absolute atomic E-state index is 0. The third kappa shape index (κ3) is 5.22. The second-order valence-corrected chi connectivity index (χ2v) is 4.21. The van der Waals surface area contributed by atoms with E-state index in [0.29, 0.717) is 13.2 Å². The number of rotatable bonds is 3. The van der Waals surface area contributed by atoms with E-state index in [1.165, 1.54) is 4.90 Å². The third-order valence-electron chi connectivity index (χ3n) is 2.79. The number of carbonyl (C=O) groups is 1. The second-order valence-electron chi connectivity index (χ2n) is 4.21. The molecule has 1 amide bonds. The molecule has 2 rings (SSSR count). The van der Waals surface area contributed by atoms with Gasteiger partial charge in [-0.15, -0.1) is 0 Å². The quantitative estimate of drug-likeness (QED) is 0.471. The van der Waals surface area contributed by atoms with Crippen LogP contribution >= 0.6 is 0 Å². The first-order valence-electron chi connectivity index (χ1n) is 5.93. The fourth-order valence-corrected chi connectivity index (χ4v) is 1.86. The summed E-state index contributed by atoms with van der Waals surface area (Å²) < 4.78 is 0. The fourth-order valence-electron chi connectivity index (χ4n) is 1.86. The maximum atomic E-state index is 10.7. The predicted octanol–water partition coefficient (Wildman–Crippen LogP) is -2.00. The van der Waals surface area contributed by atoms with E-state index in [-0.39, 0.29) is 36.1 Å². The average molecular weight is 270 g/mol. The summed E-state index contributed by atoms with van der Waals surface area (Å²) in [5.74, 6) is 0. The first-order valence-corrected chi connectivity index (χ1v) is 5.93. The molecule has 1 aliphatic rings. The van der Waals surface area contributed by atoms with Crippen LogP contribution in [0.25, 0.3) is 0 Å². The summed E-state index contributed by atoms with van der Waals surface area (Å²) in [5, 5.41) is 14.7. The number of hydrogen-bond acceptors (Lipinski definition) is 4. The van der Waals surface area contributed by atoms with Gasteiger partial charge in [0.1, 0.15) is 12.7 Å². The Hall–Kier alpha value is -1.04. The zero-order chi connectivity index (χ0) is 12.8. The van der Waals surface area contributed by atoms with E-state index in [2.05, 4.69) is 5.16 Å². The van der Waals surface area contributed by atoms with Gasteiger partial charge in [-0.25, -0.2) is 0 Å². The van der Waals surface area contributed by atoms with Gasteiger partial charge in [0.2, 0.25) is 0 Å². The van der Waals surface area contributed by atoms with Gasteiger partial charge in [-0.2, -0.15) is 0 Å². The standard InChI is InChI=1S/C13H16N2O3.Na/c16-13(17)15-8-4-7-12(9-15)14-18-10-11-5-2-1-3-6-11;/h1-3,5-6H,4,7-10H2,(H,16,17);/q;+1/p-1. The number of nitrogens with zero attached hydrogens (tertiary/aromatic N) is 2. The molecule has 5 nitrogen and oxygen atoms in total. The Morgan fingerprint density at radius 1 is 1.37 bits per heavy atom. The number of oxime groups is 1. The molecule has 1 aromatic rings. The Morgan fingerprint density at radius 3 is 2.79 bits per heavy atom. The molecule has 1 saturated heterocycles. The largest absolute Gasteiger partial charge is 1.00 e. The van der Waals surface area contributed by atoms with Crippen molar-refractivity contribution in [3.8, 4) is 0 Å². The molecule has 0 aromatic heterocycles. The van der Waals surface area contributed by atoms with Crippen LogP contribution in [0.4, 0.5) is 4.79 Å². The molecule has 0 saturated carbocycles. The molecule has 1 aliphatic heterocycles. The van der Waals surface area contributed by atoms with Gasteiger partial charge in [0.15, 0.2) is 0 Å². The van der Waals surface area contributed by atoms with Gasteiger partial charge < -0.3 is 19.6 Å². The van der Waals surface area contributed by atoms with E-state index in [1.807, 2.05) is 30.3 Å². The second kappa shape index (κ2) is 8.19. The zero-order valence-electron chi connectivity index (χ0n) is 11.0. The summed E-state index contributed by atoms with van der Waals surface area (Å²) in [7, 11) is 0. The number of carboxylic acid groups (broad SMARTS) is 1. The molecular weight excluding hydrogens is 255 g/mol. The number of benzene rings is 1. The minimum Gasteiger partial charge on any atom is -0.530 e. The number of hydrogen-bond donors (Lipinski definition) is 0. The van der Waals surface area contributed by atoms with Gasteiger partial charge in [-0.1, -0.05) is 35.5 Å². The van der Waals surface area contributed by atoms with Gasteiger partial charge in [-0.3, -0.25) is 0 Å². The first-order chi connectivity index (χ1) is 8.75. The van der Waals surface area contributed by atoms with Crippen molar-refractivity contribution in [2.75, 3.05) is 13.1 Å². The van der Waals surface area contributed by atoms with Gasteiger partial charge >= 0.3 is 29.6 Å². The summed E-state index contributed by atoms with van der Waals surface area (Å²) in [6.45, 7) is 1.20. The fraction of sp³-hybridized carbons (Fsp3) is 0.385. The summed E-state index contributed by atoms with van der Waals surface area (Å²) in [4.78, 5) is 17.2. The van der Waals surface area contributed by atoms with Gasteiger partial charge in [0.25, 0.3) is 0 Å². The van der Waals surface area contributed by atoms with Crippen molar-refractivity contribution in [3.05, 3.63) is 35.9 Å². The van der Waals surface area contributed by atoms with Crippen molar-refractivity contribution in [2.45, 2.75) is 19.4 Å². The van der Waals surface area contributed by atoms with Crippen LogP contribution in [0.3, 0.4) is 0 Å². The molecular formula is C13H15N2NaO3. The van der Waals surface area contributed by atoms with E-state index in [9.17, 15) is 9.90 Å². The maximum absolute atomic E-state index is 10.7. The van der Waals surface area contributed by atoms with Crippen LogP contribution in [0.2, 0.25) is 0 Å². The molecule has 19 heavy (non-hydrogen) atoms. The van der Waals surface area contributed by atoms with Crippen LogP contribution in [0, 0.1) is 0 Å². The number of piperidine rings is 1. The van der Waals surface area contributed by atoms with Gasteiger partial charge in [0, 0.05) is 6.54 Å². The van der Waals surface area contributed by atoms with Gasteiger partial charge in [0.05, 0.1) is 12.3 Å². The molecule has 1 heterocycles. The summed E-state index contributed by atoms with van der Waals surface area (Å²) >= 11 is 0. The molecule has 0 unspecified atom stereocenters. The smallest absolute Gasteiger partial charge is 0.530 e. The SMILES string of the molecule is O=C([O-])N1CCCC(=NOCc2ccccc2)C1.[Na+]. The molecule has 0 radical (unpaired) electrons. The summed E-state index contributed by atoms with van der Waals surface area (Å²) in [5.41, 5.74) is 1.79. The molecule has 1 aromatic carbocycles. The van der Waals surface area contributed by atoms with E-state index >= 15 is 0 Å². The molecule has 0 N–H and O–H groups in total. The van der Waals surface area contributed by atoms with Crippen LogP contribution in [0.1, 0.15) is 18.4 Å². The third-order valence-corrected chi connectivity index (χ3v) is 2.79. The van der Waals surface area contributed by atoms with Crippen molar-refractivity contribution in [2.24, 2.45) is 5.16 Å². The van der Waals surface area contributed by atoms with Crippen LogP contribution in [-0.4, -0.2) is 29.8 Å². The Morgan fingerprint density at radius 2 is 2.11 bits per heavy atom. The maximum Gasteiger partial charge on any atom is 1.00 e. The Bertz CT molecular complexity index is 437. The molecule has 0 aliphatic carbocycles. The van der Waals surface area contributed by atoms with Crippen molar-refractivity contribution in [1.82, 2.24) is 4.90 Å². The topological polar surface area (TPSA) is 65.0 Å². The molecule has 0 atom stereocenters. The predicted molar refractivity (Wildman–Crippen MR) is 64.9 cm³/mol. The summed E-state index contributed by atoms with van der Waals surface area (Å²) in [6, 6.07) is 9.71. The monoisotopic (exact) mass is 270 g/mol. The van der Waals surface area contributed by atoms with Crippen molar-refractivity contribution >= 4 is 11.8 Å². The normalized spacial score (nSPS) is 16.8. The van der Waals surface area contributed by atoms with E-state index in [4.69, 9.17) is 4.84 Å². The molecule has 0 spiro atoms. The Balaban J connectivity index is 0.00000180. The van der Waals surface area contributed by atoms with Crippen LogP contribution in [-0.2, 0) is 11.4 Å². The van der Waals surface area contributed by atoms with Crippen molar-refractivity contribution in [3.63, 3.8) is 0 Å². The molecule has 6 heteroatoms. The van der Waals surface area contributed by atoms with Crippen LogP contribution in [0.15, 0.2) is 35.5 Å². The van der Waals surface area contributed by atoms with Crippen molar-refractivity contribution < 1.29 is 44.3 Å². The molecule has 0 bridgehead atoms.